The standard InChI is InChI=1S/C20H25NO6/c1-11-17(19(22)26-5)14(18(12(2)21-11)20(23)27-6)9-13-7-8-15(24-3)16(10-13)25-4/h7-8,10,14,21H,9H2,1-6H3. The molecule has 0 spiro atoms. The summed E-state index contributed by atoms with van der Waals surface area (Å²) in [6.07, 6.45) is 0.394. The molecule has 0 atom stereocenters. The fourth-order valence-electron chi connectivity index (χ4n) is 3.34. The lowest BCUT2D eigenvalue weighted by atomic mass is 9.81. The van der Waals surface area contributed by atoms with Crippen molar-refractivity contribution in [3.8, 4) is 11.5 Å². The number of dihydropyridines is 1. The minimum absolute atomic E-state index is 0.394. The Labute approximate surface area is 158 Å². The Kier molecular flexibility index (Phi) is 6.50. The van der Waals surface area contributed by atoms with Crippen LogP contribution in [0.2, 0.25) is 0 Å². The Morgan fingerprint density at radius 3 is 1.85 bits per heavy atom. The predicted molar refractivity (Wildman–Crippen MR) is 99.3 cm³/mol. The maximum Gasteiger partial charge on any atom is 0.336 e. The Balaban J connectivity index is 2.53. The lowest BCUT2D eigenvalue weighted by Gasteiger charge is -2.30. The van der Waals surface area contributed by atoms with Crippen molar-refractivity contribution in [2.45, 2.75) is 20.3 Å². The molecule has 27 heavy (non-hydrogen) atoms. The van der Waals surface area contributed by atoms with Crippen LogP contribution < -0.4 is 14.8 Å². The van der Waals surface area contributed by atoms with Gasteiger partial charge in [-0.3, -0.25) is 0 Å². The highest BCUT2D eigenvalue weighted by atomic mass is 16.5. The van der Waals surface area contributed by atoms with E-state index in [0.29, 0.717) is 40.5 Å². The van der Waals surface area contributed by atoms with Crippen LogP contribution >= 0.6 is 0 Å². The molecule has 0 amide bonds. The van der Waals surface area contributed by atoms with E-state index < -0.39 is 17.9 Å². The molecule has 1 heterocycles. The molecule has 0 fully saturated rings. The van der Waals surface area contributed by atoms with Gasteiger partial charge in [-0.05, 0) is 38.0 Å². The van der Waals surface area contributed by atoms with Crippen LogP contribution in [0.15, 0.2) is 40.7 Å². The highest BCUT2D eigenvalue weighted by molar-refractivity contribution is 5.97. The summed E-state index contributed by atoms with van der Waals surface area (Å²) in [4.78, 5) is 24.9. The highest BCUT2D eigenvalue weighted by Gasteiger charge is 2.36. The smallest absolute Gasteiger partial charge is 0.336 e. The molecular weight excluding hydrogens is 350 g/mol. The second-order valence-electron chi connectivity index (χ2n) is 6.13. The number of esters is 2. The average Bonchev–Trinajstić information content (AvgIpc) is 2.66. The summed E-state index contributed by atoms with van der Waals surface area (Å²) in [5, 5.41) is 3.08. The van der Waals surface area contributed by atoms with Gasteiger partial charge in [0.15, 0.2) is 11.5 Å². The van der Waals surface area contributed by atoms with Gasteiger partial charge in [-0.25, -0.2) is 9.59 Å². The molecular formula is C20H25NO6. The van der Waals surface area contributed by atoms with Crippen molar-refractivity contribution in [2.75, 3.05) is 28.4 Å². The molecule has 0 aliphatic carbocycles. The first kappa shape index (κ1) is 20.4. The number of rotatable bonds is 6. The number of hydrogen-bond acceptors (Lipinski definition) is 7. The Morgan fingerprint density at radius 1 is 0.889 bits per heavy atom. The zero-order valence-corrected chi connectivity index (χ0v) is 16.5. The molecule has 7 nitrogen and oxygen atoms in total. The maximum atomic E-state index is 12.4. The van der Waals surface area contributed by atoms with Gasteiger partial charge in [0.25, 0.3) is 0 Å². The first-order valence-corrected chi connectivity index (χ1v) is 8.43. The minimum atomic E-state index is -0.510. The quantitative estimate of drug-likeness (QED) is 0.764. The highest BCUT2D eigenvalue weighted by Crippen LogP contribution is 2.36. The normalized spacial score (nSPS) is 14.6. The van der Waals surface area contributed by atoms with Crippen LogP contribution in [0.1, 0.15) is 19.4 Å². The number of methoxy groups -OCH3 is 4. The number of carbonyl (C=O) groups excluding carboxylic acids is 2. The molecule has 1 aliphatic heterocycles. The first-order valence-electron chi connectivity index (χ1n) is 8.43. The third-order valence-corrected chi connectivity index (χ3v) is 4.58. The van der Waals surface area contributed by atoms with E-state index in [0.717, 1.165) is 5.56 Å². The monoisotopic (exact) mass is 375 g/mol. The van der Waals surface area contributed by atoms with Gasteiger partial charge in [-0.2, -0.15) is 0 Å². The van der Waals surface area contributed by atoms with E-state index in [1.165, 1.54) is 14.2 Å². The fraction of sp³-hybridized carbons (Fsp3) is 0.400. The Hall–Kier alpha value is -2.96. The molecule has 1 aromatic rings. The number of hydrogen-bond donors (Lipinski definition) is 1. The van der Waals surface area contributed by atoms with Crippen molar-refractivity contribution >= 4 is 11.9 Å². The van der Waals surface area contributed by atoms with E-state index in [9.17, 15) is 9.59 Å². The van der Waals surface area contributed by atoms with Gasteiger partial charge in [-0.15, -0.1) is 0 Å². The van der Waals surface area contributed by atoms with E-state index in [2.05, 4.69) is 5.32 Å². The second kappa shape index (κ2) is 8.62. The Bertz CT molecular complexity index is 771. The van der Waals surface area contributed by atoms with E-state index in [1.54, 1.807) is 34.1 Å². The number of ether oxygens (including phenoxy) is 4. The van der Waals surface area contributed by atoms with E-state index in [-0.39, 0.29) is 0 Å². The first-order chi connectivity index (χ1) is 12.9. The van der Waals surface area contributed by atoms with Gasteiger partial charge in [0.1, 0.15) is 0 Å². The molecule has 2 rings (SSSR count). The van der Waals surface area contributed by atoms with Crippen LogP contribution in [-0.2, 0) is 25.5 Å². The van der Waals surface area contributed by atoms with Crippen molar-refractivity contribution in [2.24, 2.45) is 5.92 Å². The predicted octanol–water partition coefficient (Wildman–Crippen LogP) is 2.36. The van der Waals surface area contributed by atoms with Crippen molar-refractivity contribution in [3.63, 3.8) is 0 Å². The van der Waals surface area contributed by atoms with Crippen LogP contribution in [0, 0.1) is 5.92 Å². The molecule has 0 saturated heterocycles. The number of carbonyl (C=O) groups is 2. The van der Waals surface area contributed by atoms with Crippen LogP contribution in [-0.4, -0.2) is 40.4 Å². The lowest BCUT2D eigenvalue weighted by molar-refractivity contribution is -0.137. The lowest BCUT2D eigenvalue weighted by Crippen LogP contribution is -2.34. The molecule has 0 bridgehead atoms. The number of benzene rings is 1. The van der Waals surface area contributed by atoms with Crippen molar-refractivity contribution in [3.05, 3.63) is 46.3 Å². The third kappa shape index (κ3) is 4.07. The topological polar surface area (TPSA) is 83.1 Å². The molecule has 146 valence electrons. The van der Waals surface area contributed by atoms with Crippen molar-refractivity contribution in [1.29, 1.82) is 0 Å². The van der Waals surface area contributed by atoms with E-state index in [4.69, 9.17) is 18.9 Å². The van der Waals surface area contributed by atoms with Gasteiger partial charge in [0, 0.05) is 17.3 Å². The summed E-state index contributed by atoms with van der Waals surface area (Å²) < 4.78 is 20.5. The van der Waals surface area contributed by atoms with Crippen LogP contribution in [0.4, 0.5) is 0 Å². The summed E-state index contributed by atoms with van der Waals surface area (Å²) in [5.74, 6) is -0.307. The van der Waals surface area contributed by atoms with Crippen LogP contribution in [0.25, 0.3) is 0 Å². The van der Waals surface area contributed by atoms with E-state index >= 15 is 0 Å². The molecule has 0 aromatic heterocycles. The van der Waals surface area contributed by atoms with Crippen molar-refractivity contribution in [1.82, 2.24) is 5.32 Å². The molecule has 1 aromatic carbocycles. The van der Waals surface area contributed by atoms with Crippen molar-refractivity contribution < 1.29 is 28.5 Å². The third-order valence-electron chi connectivity index (χ3n) is 4.58. The van der Waals surface area contributed by atoms with Gasteiger partial charge in [-0.1, -0.05) is 6.07 Å². The molecule has 0 unspecified atom stereocenters. The Morgan fingerprint density at radius 2 is 1.41 bits per heavy atom. The average molecular weight is 375 g/mol. The summed E-state index contributed by atoms with van der Waals surface area (Å²) in [5.41, 5.74) is 2.98. The van der Waals surface area contributed by atoms with Crippen LogP contribution in [0.3, 0.4) is 0 Å². The molecule has 0 radical (unpaired) electrons. The largest absolute Gasteiger partial charge is 0.493 e. The SMILES string of the molecule is COC(=O)C1=C(C)NC(C)=C(C(=O)OC)C1Cc1ccc(OC)c(OC)c1. The zero-order valence-electron chi connectivity index (χ0n) is 16.5. The van der Waals surface area contributed by atoms with Gasteiger partial charge in [0.2, 0.25) is 0 Å². The number of allylic oxidation sites excluding steroid dienone is 2. The summed E-state index contributed by atoms with van der Waals surface area (Å²) >= 11 is 0. The maximum absolute atomic E-state index is 12.4. The zero-order chi connectivity index (χ0) is 20.1. The van der Waals surface area contributed by atoms with Gasteiger partial charge >= 0.3 is 11.9 Å². The molecule has 0 saturated carbocycles. The molecule has 1 aliphatic rings. The van der Waals surface area contributed by atoms with Gasteiger partial charge in [0.05, 0.1) is 39.6 Å². The minimum Gasteiger partial charge on any atom is -0.493 e. The van der Waals surface area contributed by atoms with Gasteiger partial charge < -0.3 is 24.3 Å². The second-order valence-corrected chi connectivity index (χ2v) is 6.13. The molecule has 7 heteroatoms. The molecule has 1 N–H and O–H groups in total. The summed E-state index contributed by atoms with van der Waals surface area (Å²) in [6, 6.07) is 5.49. The van der Waals surface area contributed by atoms with E-state index in [1.807, 2.05) is 12.1 Å². The fourth-order valence-corrected chi connectivity index (χ4v) is 3.34. The summed E-state index contributed by atoms with van der Waals surface area (Å²) in [7, 11) is 5.76. The van der Waals surface area contributed by atoms with Crippen LogP contribution in [0.5, 0.6) is 11.5 Å². The summed E-state index contributed by atoms with van der Waals surface area (Å²) in [6.45, 7) is 3.57. The number of nitrogens with one attached hydrogen (secondary N) is 1.